The molecule has 0 saturated heterocycles. The zero-order valence-corrected chi connectivity index (χ0v) is 6.27. The summed E-state index contributed by atoms with van der Waals surface area (Å²) < 4.78 is 0. The minimum atomic E-state index is 0. The number of hydrogen-bond acceptors (Lipinski definition) is 0. The molecule has 4 heteroatoms. The van der Waals surface area contributed by atoms with Gasteiger partial charge in [0.05, 0.1) is 0 Å². The summed E-state index contributed by atoms with van der Waals surface area (Å²) in [6, 6.07) is 0. The van der Waals surface area contributed by atoms with Crippen LogP contribution in [-0.2, 0) is 0 Å². The molecule has 0 aromatic heterocycles. The standard InChI is InChI=1S/AsH3.GeH4.H2Se.Sr.2H/h1H3;1H4;1H2;;;. The molecule has 0 spiro atoms. The number of rotatable bonds is 0. The SMILES string of the molecule is [AsH3].[GeH4].[SeH2].[SrH2]. The summed E-state index contributed by atoms with van der Waals surface area (Å²) in [4.78, 5) is 0. The van der Waals surface area contributed by atoms with Crippen LogP contribution in [0.2, 0.25) is 0 Å². The fraction of sp³-hybridized carbons (Fsp3) is 0. The first kappa shape index (κ1) is 27.5. The van der Waals surface area contributed by atoms with Crippen LogP contribution in [0.15, 0.2) is 0 Å². The van der Waals surface area contributed by atoms with Crippen molar-refractivity contribution in [3.63, 3.8) is 0 Å². The van der Waals surface area contributed by atoms with Crippen LogP contribution in [0.25, 0.3) is 0 Å². The van der Waals surface area contributed by atoms with Crippen molar-refractivity contribution >= 4 is 98.1 Å². The van der Waals surface area contributed by atoms with Gasteiger partial charge in [-0.25, -0.2) is 0 Å². The van der Waals surface area contributed by atoms with Crippen molar-refractivity contribution in [1.29, 1.82) is 0 Å². The van der Waals surface area contributed by atoms with Gasteiger partial charge in [0.25, 0.3) is 0 Å². The normalized spacial score (nSPS) is 0. The van der Waals surface area contributed by atoms with Gasteiger partial charge in [-0.15, -0.1) is 0 Å². The number of hydrogen-bond donors (Lipinski definition) is 0. The van der Waals surface area contributed by atoms with Crippen LogP contribution in [0.4, 0.5) is 0 Å². The van der Waals surface area contributed by atoms with Crippen molar-refractivity contribution in [2.45, 2.75) is 0 Å². The third kappa shape index (κ3) is 8.92. The van der Waals surface area contributed by atoms with Gasteiger partial charge in [-0.3, -0.25) is 0 Å². The molecule has 0 aromatic carbocycles. The van der Waals surface area contributed by atoms with E-state index in [1.165, 1.54) is 0 Å². The Bertz CT molecular complexity index is 8.00. The van der Waals surface area contributed by atoms with Gasteiger partial charge in [-0.2, -0.15) is 0 Å². The van der Waals surface area contributed by atoms with E-state index in [-0.39, 0.29) is 98.1 Å². The zero-order chi connectivity index (χ0) is 0. The predicted molar refractivity (Wildman–Crippen MR) is 38.4 cm³/mol. The van der Waals surface area contributed by atoms with E-state index in [2.05, 4.69) is 0 Å². The average Bonchev–Trinajstić information content (AvgIpc) is 0. The van der Waals surface area contributed by atoms with Gasteiger partial charge in [0.2, 0.25) is 0 Å². The Balaban J connectivity index is 0. The van der Waals surface area contributed by atoms with Crippen molar-refractivity contribution in [1.82, 2.24) is 0 Å². The average molecular weight is 325 g/mol. The van der Waals surface area contributed by atoms with E-state index in [1.54, 1.807) is 0 Å². The Morgan fingerprint density at radius 1 is 1.00 bits per heavy atom. The van der Waals surface area contributed by atoms with Crippen molar-refractivity contribution in [3.05, 3.63) is 0 Å². The molecule has 0 aromatic rings. The van der Waals surface area contributed by atoms with Crippen molar-refractivity contribution in [2.24, 2.45) is 0 Å². The van der Waals surface area contributed by atoms with Gasteiger partial charge in [0.1, 0.15) is 0 Å². The van der Waals surface area contributed by atoms with E-state index in [0.29, 0.717) is 0 Å². The first-order valence-electron chi connectivity index (χ1n) is 0. The van der Waals surface area contributed by atoms with Crippen LogP contribution < -0.4 is 0 Å². The predicted octanol–water partition coefficient (Wildman–Crippen LogP) is -4.47. The molecule has 1 unspecified atom stereocenters. The first-order valence-corrected chi connectivity index (χ1v) is 0. The summed E-state index contributed by atoms with van der Waals surface area (Å²) in [5.74, 6) is 0. The quantitative estimate of drug-likeness (QED) is 0.394. The molecule has 0 nitrogen and oxygen atoms in total. The molecule has 0 radical (unpaired) electrons. The second-order valence-corrected chi connectivity index (χ2v) is 0. The molecule has 0 aliphatic rings. The molecule has 4 heavy (non-hydrogen) atoms. The van der Waals surface area contributed by atoms with Crippen LogP contribution in [-0.4, -0.2) is 98.1 Å². The summed E-state index contributed by atoms with van der Waals surface area (Å²) in [5, 5.41) is 0. The van der Waals surface area contributed by atoms with Crippen molar-refractivity contribution in [3.8, 4) is 0 Å². The zero-order valence-electron chi connectivity index (χ0n) is 1.21. The van der Waals surface area contributed by atoms with Crippen molar-refractivity contribution in [2.75, 3.05) is 0 Å². The molecule has 28 valence electrons. The maximum atomic E-state index is 0. The summed E-state index contributed by atoms with van der Waals surface area (Å²) in [7, 11) is 0. The fourth-order valence-electron chi connectivity index (χ4n) is 0. The van der Waals surface area contributed by atoms with Gasteiger partial charge in [-0.1, -0.05) is 0 Å². The Kier molecular flexibility index (Phi) is 113. The van der Waals surface area contributed by atoms with E-state index < -0.39 is 0 Å². The molecule has 0 bridgehead atoms. The van der Waals surface area contributed by atoms with Gasteiger partial charge >= 0.3 is 98.1 Å². The van der Waals surface area contributed by atoms with Crippen LogP contribution in [0.5, 0.6) is 0 Å². The van der Waals surface area contributed by atoms with Crippen LogP contribution in [0.3, 0.4) is 0 Å². The summed E-state index contributed by atoms with van der Waals surface area (Å²) in [6.45, 7) is 0. The van der Waals surface area contributed by atoms with Crippen LogP contribution in [0, 0.1) is 0 Å². The minimum absolute atomic E-state index is 0. The fourth-order valence-corrected chi connectivity index (χ4v) is 0. The molecule has 0 rings (SSSR count). The Morgan fingerprint density at radius 3 is 1.00 bits per heavy atom. The molecule has 0 amide bonds. The van der Waals surface area contributed by atoms with E-state index in [1.807, 2.05) is 0 Å². The van der Waals surface area contributed by atoms with E-state index in [9.17, 15) is 0 Å². The Morgan fingerprint density at radius 2 is 1.00 bits per heavy atom. The topological polar surface area (TPSA) is 0 Å². The van der Waals surface area contributed by atoms with E-state index in [0.717, 1.165) is 0 Å². The molecule has 0 aliphatic heterocycles. The third-order valence-electron chi connectivity index (χ3n) is 0. The van der Waals surface area contributed by atoms with Gasteiger partial charge in [0.15, 0.2) is 0 Å². The van der Waals surface area contributed by atoms with E-state index >= 15 is 0 Å². The Labute approximate surface area is 95.9 Å². The summed E-state index contributed by atoms with van der Waals surface area (Å²) in [5.41, 5.74) is 0. The molecule has 0 heterocycles. The molecule has 0 aliphatic carbocycles. The molecule has 0 fully saturated rings. The second-order valence-electron chi connectivity index (χ2n) is 0. The monoisotopic (exact) mass is 328 g/mol. The first-order chi connectivity index (χ1) is 0. The summed E-state index contributed by atoms with van der Waals surface area (Å²) >= 11 is 0. The molecular weight excluding hydrogens is 314 g/mol. The van der Waals surface area contributed by atoms with Gasteiger partial charge < -0.3 is 0 Å². The van der Waals surface area contributed by atoms with Gasteiger partial charge in [0, 0.05) is 0 Å². The van der Waals surface area contributed by atoms with E-state index in [4.69, 9.17) is 0 Å². The van der Waals surface area contributed by atoms with Gasteiger partial charge in [-0.05, 0) is 0 Å². The molecular formula is H11AsGeSeSr. The van der Waals surface area contributed by atoms with Crippen molar-refractivity contribution < 1.29 is 0 Å². The third-order valence-corrected chi connectivity index (χ3v) is 0. The molecule has 0 N–H and O–H groups in total. The Hall–Kier alpha value is 3.10. The maximum absolute atomic E-state index is 0. The van der Waals surface area contributed by atoms with Crippen LogP contribution in [0.1, 0.15) is 0 Å². The molecule has 0 saturated carbocycles. The van der Waals surface area contributed by atoms with Crippen LogP contribution >= 0.6 is 0 Å². The molecule has 1 atom stereocenters. The summed E-state index contributed by atoms with van der Waals surface area (Å²) in [6.07, 6.45) is 0. The second kappa shape index (κ2) is 16.5.